The van der Waals surface area contributed by atoms with Gasteiger partial charge in [0.2, 0.25) is 5.91 Å². The van der Waals surface area contributed by atoms with Gasteiger partial charge in [-0.3, -0.25) is 9.59 Å². The van der Waals surface area contributed by atoms with Crippen LogP contribution in [-0.4, -0.2) is 29.8 Å². The third-order valence-corrected chi connectivity index (χ3v) is 4.24. The third-order valence-electron chi connectivity index (χ3n) is 4.24. The molecule has 0 radical (unpaired) electrons. The van der Waals surface area contributed by atoms with E-state index >= 15 is 0 Å². The van der Waals surface area contributed by atoms with Crippen molar-refractivity contribution < 1.29 is 9.59 Å². The quantitative estimate of drug-likeness (QED) is 0.828. The predicted molar refractivity (Wildman–Crippen MR) is 102 cm³/mol. The highest BCUT2D eigenvalue weighted by Crippen LogP contribution is 2.18. The first-order valence-electron chi connectivity index (χ1n) is 8.78. The predicted octanol–water partition coefficient (Wildman–Crippen LogP) is 4.05. The molecule has 2 aromatic rings. The first kappa shape index (κ1) is 18.7. The van der Waals surface area contributed by atoms with Crippen LogP contribution in [0.2, 0.25) is 0 Å². The molecule has 0 aliphatic heterocycles. The van der Waals surface area contributed by atoms with E-state index in [1.165, 1.54) is 5.56 Å². The van der Waals surface area contributed by atoms with E-state index in [0.29, 0.717) is 37.2 Å². The second-order valence-electron chi connectivity index (χ2n) is 6.06. The van der Waals surface area contributed by atoms with Gasteiger partial charge in [0, 0.05) is 19.5 Å². The van der Waals surface area contributed by atoms with Crippen molar-refractivity contribution in [1.82, 2.24) is 4.90 Å². The van der Waals surface area contributed by atoms with E-state index in [4.69, 9.17) is 0 Å². The average molecular weight is 338 g/mol. The number of rotatable bonds is 7. The van der Waals surface area contributed by atoms with Gasteiger partial charge < -0.3 is 10.2 Å². The largest absolute Gasteiger partial charge is 0.339 e. The number of aryl methyl sites for hydroxylation is 2. The minimum atomic E-state index is -0.0830. The maximum absolute atomic E-state index is 12.6. The van der Waals surface area contributed by atoms with E-state index in [-0.39, 0.29) is 11.8 Å². The highest BCUT2D eigenvalue weighted by Gasteiger charge is 2.17. The SMILES string of the molecule is CCN(CC)C(=O)c1ccccc1NC(=O)CCc1ccc(C)cc1. The Morgan fingerprint density at radius 3 is 2.24 bits per heavy atom. The first-order chi connectivity index (χ1) is 12.0. The molecule has 0 atom stereocenters. The van der Waals surface area contributed by atoms with E-state index in [0.717, 1.165) is 5.56 Å². The molecule has 0 aliphatic rings. The Morgan fingerprint density at radius 2 is 1.60 bits per heavy atom. The lowest BCUT2D eigenvalue weighted by molar-refractivity contribution is -0.116. The summed E-state index contributed by atoms with van der Waals surface area (Å²) in [4.78, 5) is 26.6. The van der Waals surface area contributed by atoms with Crippen molar-refractivity contribution >= 4 is 17.5 Å². The van der Waals surface area contributed by atoms with E-state index in [9.17, 15) is 9.59 Å². The van der Waals surface area contributed by atoms with Crippen LogP contribution in [0.5, 0.6) is 0 Å². The fourth-order valence-corrected chi connectivity index (χ4v) is 2.69. The molecule has 0 heterocycles. The number of nitrogens with zero attached hydrogens (tertiary/aromatic N) is 1. The lowest BCUT2D eigenvalue weighted by Gasteiger charge is -2.20. The summed E-state index contributed by atoms with van der Waals surface area (Å²) < 4.78 is 0. The summed E-state index contributed by atoms with van der Waals surface area (Å²) in [6.07, 6.45) is 1.06. The highest BCUT2D eigenvalue weighted by atomic mass is 16.2. The van der Waals surface area contributed by atoms with Crippen molar-refractivity contribution in [3.8, 4) is 0 Å². The van der Waals surface area contributed by atoms with Crippen molar-refractivity contribution in [1.29, 1.82) is 0 Å². The second kappa shape index (κ2) is 9.02. The van der Waals surface area contributed by atoms with Crippen LogP contribution >= 0.6 is 0 Å². The Kier molecular flexibility index (Phi) is 6.75. The average Bonchev–Trinajstić information content (AvgIpc) is 2.62. The molecular formula is C21H26N2O2. The van der Waals surface area contributed by atoms with Crippen LogP contribution in [0, 0.1) is 6.92 Å². The van der Waals surface area contributed by atoms with Gasteiger partial charge in [-0.2, -0.15) is 0 Å². The van der Waals surface area contributed by atoms with Crippen molar-refractivity contribution in [3.63, 3.8) is 0 Å². The minimum absolute atomic E-state index is 0.0561. The Balaban J connectivity index is 2.03. The molecule has 2 amide bonds. The molecule has 2 rings (SSSR count). The van der Waals surface area contributed by atoms with E-state index in [1.54, 1.807) is 17.0 Å². The van der Waals surface area contributed by atoms with Gasteiger partial charge >= 0.3 is 0 Å². The third kappa shape index (κ3) is 5.18. The molecule has 4 heteroatoms. The molecule has 132 valence electrons. The molecule has 0 fully saturated rings. The summed E-state index contributed by atoms with van der Waals surface area (Å²) in [5.74, 6) is -0.139. The standard InChI is InChI=1S/C21H26N2O2/c1-4-23(5-2)21(25)18-8-6-7-9-19(18)22-20(24)15-14-17-12-10-16(3)11-13-17/h6-13H,4-5,14-15H2,1-3H3,(H,22,24). The maximum atomic E-state index is 12.6. The van der Waals surface area contributed by atoms with Crippen LogP contribution in [0.25, 0.3) is 0 Å². The number of hydrogen-bond acceptors (Lipinski definition) is 2. The van der Waals surface area contributed by atoms with E-state index < -0.39 is 0 Å². The Hall–Kier alpha value is -2.62. The number of para-hydroxylation sites is 1. The van der Waals surface area contributed by atoms with Crippen molar-refractivity contribution in [3.05, 3.63) is 65.2 Å². The van der Waals surface area contributed by atoms with E-state index in [1.807, 2.05) is 57.2 Å². The van der Waals surface area contributed by atoms with Gasteiger partial charge in [-0.1, -0.05) is 42.0 Å². The van der Waals surface area contributed by atoms with Gasteiger partial charge in [0.05, 0.1) is 11.3 Å². The summed E-state index contributed by atoms with van der Waals surface area (Å²) in [6, 6.07) is 15.4. The molecule has 2 aromatic carbocycles. The number of carbonyl (C=O) groups excluding carboxylic acids is 2. The number of anilines is 1. The zero-order valence-corrected chi connectivity index (χ0v) is 15.2. The number of amides is 2. The number of carbonyl (C=O) groups is 2. The van der Waals surface area contributed by atoms with Gasteiger partial charge in [0.1, 0.15) is 0 Å². The van der Waals surface area contributed by atoms with Crippen molar-refractivity contribution in [2.45, 2.75) is 33.6 Å². The number of nitrogens with one attached hydrogen (secondary N) is 1. The van der Waals surface area contributed by atoms with Gasteiger partial charge in [-0.05, 0) is 44.9 Å². The molecule has 1 N–H and O–H groups in total. The minimum Gasteiger partial charge on any atom is -0.339 e. The smallest absolute Gasteiger partial charge is 0.255 e. The van der Waals surface area contributed by atoms with Crippen LogP contribution in [0.15, 0.2) is 48.5 Å². The molecule has 0 spiro atoms. The second-order valence-corrected chi connectivity index (χ2v) is 6.06. The van der Waals surface area contributed by atoms with Gasteiger partial charge in [-0.25, -0.2) is 0 Å². The maximum Gasteiger partial charge on any atom is 0.255 e. The molecule has 0 saturated heterocycles. The zero-order chi connectivity index (χ0) is 18.2. The highest BCUT2D eigenvalue weighted by molar-refractivity contribution is 6.03. The van der Waals surface area contributed by atoms with Gasteiger partial charge in [-0.15, -0.1) is 0 Å². The van der Waals surface area contributed by atoms with Crippen LogP contribution in [0.4, 0.5) is 5.69 Å². The first-order valence-corrected chi connectivity index (χ1v) is 8.78. The monoisotopic (exact) mass is 338 g/mol. The number of benzene rings is 2. The summed E-state index contributed by atoms with van der Waals surface area (Å²) in [7, 11) is 0. The normalized spacial score (nSPS) is 10.4. The van der Waals surface area contributed by atoms with Gasteiger partial charge in [0.15, 0.2) is 0 Å². The van der Waals surface area contributed by atoms with Crippen LogP contribution in [0.1, 0.15) is 41.8 Å². The topological polar surface area (TPSA) is 49.4 Å². The summed E-state index contributed by atoms with van der Waals surface area (Å²) in [6.45, 7) is 7.23. The molecule has 4 nitrogen and oxygen atoms in total. The summed E-state index contributed by atoms with van der Waals surface area (Å²) >= 11 is 0. The van der Waals surface area contributed by atoms with Crippen LogP contribution in [0.3, 0.4) is 0 Å². The molecule has 0 saturated carbocycles. The summed E-state index contributed by atoms with van der Waals surface area (Å²) in [5, 5.41) is 2.89. The Morgan fingerprint density at radius 1 is 0.960 bits per heavy atom. The van der Waals surface area contributed by atoms with Gasteiger partial charge in [0.25, 0.3) is 5.91 Å². The Bertz CT molecular complexity index is 719. The fourth-order valence-electron chi connectivity index (χ4n) is 2.69. The van der Waals surface area contributed by atoms with Crippen molar-refractivity contribution in [2.24, 2.45) is 0 Å². The summed E-state index contributed by atoms with van der Waals surface area (Å²) in [5.41, 5.74) is 3.45. The van der Waals surface area contributed by atoms with E-state index in [2.05, 4.69) is 5.32 Å². The molecule has 25 heavy (non-hydrogen) atoms. The molecule has 0 aromatic heterocycles. The van der Waals surface area contributed by atoms with Crippen LogP contribution in [-0.2, 0) is 11.2 Å². The lowest BCUT2D eigenvalue weighted by Crippen LogP contribution is -2.31. The fraction of sp³-hybridized carbons (Fsp3) is 0.333. The van der Waals surface area contributed by atoms with Crippen molar-refractivity contribution in [2.75, 3.05) is 18.4 Å². The number of hydrogen-bond donors (Lipinski definition) is 1. The molecule has 0 aliphatic carbocycles. The molecular weight excluding hydrogens is 312 g/mol. The van der Waals surface area contributed by atoms with Crippen LogP contribution < -0.4 is 5.32 Å². The molecule has 0 bridgehead atoms. The Labute approximate surface area is 149 Å². The zero-order valence-electron chi connectivity index (χ0n) is 15.2. The lowest BCUT2D eigenvalue weighted by atomic mass is 10.1. The molecule has 0 unspecified atom stereocenters.